The van der Waals surface area contributed by atoms with Crippen molar-refractivity contribution < 1.29 is 4.79 Å². The van der Waals surface area contributed by atoms with Crippen molar-refractivity contribution in [2.24, 2.45) is 0 Å². The maximum absolute atomic E-state index is 11.9. The number of aromatic nitrogens is 2. The molecule has 0 saturated carbocycles. The number of nitrogens with one attached hydrogen (secondary N) is 1. The Morgan fingerprint density at radius 3 is 3.00 bits per heavy atom. The molecule has 0 radical (unpaired) electrons. The third-order valence-corrected chi connectivity index (χ3v) is 2.55. The number of hydrogen-bond donors (Lipinski definition) is 1. The van der Waals surface area contributed by atoms with Crippen LogP contribution in [0.3, 0.4) is 0 Å². The van der Waals surface area contributed by atoms with Crippen molar-refractivity contribution in [1.29, 1.82) is 0 Å². The van der Waals surface area contributed by atoms with Crippen LogP contribution < -0.4 is 10.7 Å². The number of hydrogen-bond acceptors (Lipinski definition) is 3. The van der Waals surface area contributed by atoms with Crippen LogP contribution in [0.5, 0.6) is 0 Å². The summed E-state index contributed by atoms with van der Waals surface area (Å²) in [5.41, 5.74) is 1.82. The van der Waals surface area contributed by atoms with Gasteiger partial charge in [-0.15, -0.1) is 0 Å². The summed E-state index contributed by atoms with van der Waals surface area (Å²) in [6.45, 7) is 3.47. The number of rotatable bonds is 2. The number of nitrogens with zero attached hydrogens (tertiary/aromatic N) is 2. The van der Waals surface area contributed by atoms with Crippen LogP contribution in [-0.4, -0.2) is 15.3 Å². The Hall–Kier alpha value is -2.17. The van der Waals surface area contributed by atoms with Crippen molar-refractivity contribution in [3.8, 4) is 0 Å². The predicted octanol–water partition coefficient (Wildman–Crippen LogP) is 0.639. The van der Waals surface area contributed by atoms with E-state index in [1.165, 1.54) is 6.92 Å². The molecule has 2 rings (SSSR count). The fourth-order valence-corrected chi connectivity index (χ4v) is 1.71. The maximum atomic E-state index is 11.9. The van der Waals surface area contributed by atoms with E-state index < -0.39 is 0 Å². The van der Waals surface area contributed by atoms with Gasteiger partial charge in [0, 0.05) is 31.1 Å². The van der Waals surface area contributed by atoms with Crippen molar-refractivity contribution >= 4 is 11.6 Å². The molecule has 0 saturated heterocycles. The highest BCUT2D eigenvalue weighted by atomic mass is 16.1. The van der Waals surface area contributed by atoms with E-state index >= 15 is 0 Å². The van der Waals surface area contributed by atoms with Gasteiger partial charge < -0.3 is 9.72 Å². The Labute approximate surface area is 98.1 Å². The minimum atomic E-state index is -0.168. The van der Waals surface area contributed by atoms with E-state index in [2.05, 4.69) is 10.3 Å². The van der Waals surface area contributed by atoms with Gasteiger partial charge in [-0.2, -0.15) is 0 Å². The highest BCUT2D eigenvalue weighted by molar-refractivity contribution is 5.73. The van der Waals surface area contributed by atoms with Crippen LogP contribution in [0.25, 0.3) is 5.65 Å². The number of amides is 1. The van der Waals surface area contributed by atoms with E-state index in [4.69, 9.17) is 0 Å². The third kappa shape index (κ3) is 2.18. The normalized spacial score (nSPS) is 10.5. The molecule has 0 atom stereocenters. The number of aryl methyl sites for hydroxylation is 1. The Morgan fingerprint density at radius 2 is 2.29 bits per heavy atom. The van der Waals surface area contributed by atoms with Crippen molar-refractivity contribution in [3.63, 3.8) is 0 Å². The lowest BCUT2D eigenvalue weighted by molar-refractivity contribution is -0.119. The second-order valence-corrected chi connectivity index (χ2v) is 3.85. The van der Waals surface area contributed by atoms with Crippen LogP contribution in [0.15, 0.2) is 29.3 Å². The summed E-state index contributed by atoms with van der Waals surface area (Å²) in [4.78, 5) is 26.9. The van der Waals surface area contributed by atoms with Gasteiger partial charge in [0.25, 0.3) is 0 Å². The average Bonchev–Trinajstić information content (AvgIpc) is 2.28. The first-order chi connectivity index (χ1) is 8.09. The first-order valence-corrected chi connectivity index (χ1v) is 5.30. The fraction of sp³-hybridized carbons (Fsp3) is 0.250. The molecule has 0 aliphatic rings. The van der Waals surface area contributed by atoms with Crippen molar-refractivity contribution in [2.45, 2.75) is 20.4 Å². The topological polar surface area (TPSA) is 63.5 Å². The lowest BCUT2D eigenvalue weighted by Gasteiger charge is -2.09. The van der Waals surface area contributed by atoms with E-state index in [0.29, 0.717) is 11.2 Å². The van der Waals surface area contributed by atoms with Gasteiger partial charge in [-0.05, 0) is 13.0 Å². The highest BCUT2D eigenvalue weighted by Crippen LogP contribution is 2.06. The van der Waals surface area contributed by atoms with Crippen molar-refractivity contribution in [1.82, 2.24) is 14.7 Å². The summed E-state index contributed by atoms with van der Waals surface area (Å²) in [5, 5.41) is 2.62. The summed E-state index contributed by atoms with van der Waals surface area (Å²) in [5.74, 6) is -0.168. The zero-order valence-electron chi connectivity index (χ0n) is 9.73. The molecule has 2 aromatic heterocycles. The van der Waals surface area contributed by atoms with Crippen LogP contribution in [0.1, 0.15) is 18.2 Å². The monoisotopic (exact) mass is 231 g/mol. The number of pyridine rings is 1. The summed E-state index contributed by atoms with van der Waals surface area (Å²) in [6, 6.07) is 3.35. The van der Waals surface area contributed by atoms with E-state index in [0.717, 1.165) is 5.69 Å². The zero-order chi connectivity index (χ0) is 12.4. The number of fused-ring (bicyclic) bond motifs is 1. The van der Waals surface area contributed by atoms with Gasteiger partial charge in [-0.3, -0.25) is 9.59 Å². The lowest BCUT2D eigenvalue weighted by atomic mass is 10.2. The molecule has 2 aromatic rings. The molecule has 0 aliphatic heterocycles. The van der Waals surface area contributed by atoms with Gasteiger partial charge in [0.05, 0.1) is 12.1 Å². The van der Waals surface area contributed by atoms with E-state index in [1.807, 2.05) is 17.5 Å². The largest absolute Gasteiger partial charge is 0.352 e. The van der Waals surface area contributed by atoms with E-state index in [1.54, 1.807) is 18.3 Å². The Kier molecular flexibility index (Phi) is 2.91. The fourth-order valence-electron chi connectivity index (χ4n) is 1.71. The summed E-state index contributed by atoms with van der Waals surface area (Å²) >= 11 is 0. The van der Waals surface area contributed by atoms with Gasteiger partial charge in [-0.25, -0.2) is 4.98 Å². The molecule has 1 amide bonds. The third-order valence-electron chi connectivity index (χ3n) is 2.55. The Balaban J connectivity index is 2.61. The quantitative estimate of drug-likeness (QED) is 0.825. The molecule has 0 unspecified atom stereocenters. The maximum Gasteiger partial charge on any atom is 0.217 e. The van der Waals surface area contributed by atoms with Gasteiger partial charge in [0.2, 0.25) is 5.91 Å². The second-order valence-electron chi connectivity index (χ2n) is 3.85. The molecule has 5 nitrogen and oxygen atoms in total. The first kappa shape index (κ1) is 11.3. The Morgan fingerprint density at radius 1 is 1.53 bits per heavy atom. The van der Waals surface area contributed by atoms with Crippen molar-refractivity contribution in [2.75, 3.05) is 0 Å². The molecule has 17 heavy (non-hydrogen) atoms. The molecule has 0 fully saturated rings. The van der Waals surface area contributed by atoms with Crippen molar-refractivity contribution in [3.05, 3.63) is 46.0 Å². The second kappa shape index (κ2) is 4.37. The van der Waals surface area contributed by atoms with Crippen LogP contribution in [0.2, 0.25) is 0 Å². The molecule has 0 aromatic carbocycles. The Bertz CT molecular complexity index is 631. The zero-order valence-corrected chi connectivity index (χ0v) is 9.73. The average molecular weight is 231 g/mol. The highest BCUT2D eigenvalue weighted by Gasteiger charge is 2.08. The molecule has 2 heterocycles. The molecule has 0 spiro atoms. The lowest BCUT2D eigenvalue weighted by Crippen LogP contribution is -2.25. The van der Waals surface area contributed by atoms with Crippen LogP contribution in [0, 0.1) is 6.92 Å². The predicted molar refractivity (Wildman–Crippen MR) is 63.7 cm³/mol. The van der Waals surface area contributed by atoms with Gasteiger partial charge in [0.15, 0.2) is 5.43 Å². The number of carbonyl (C=O) groups excluding carboxylic acids is 1. The summed E-state index contributed by atoms with van der Waals surface area (Å²) < 4.78 is 1.83. The van der Waals surface area contributed by atoms with Crippen LogP contribution in [0.4, 0.5) is 0 Å². The standard InChI is InChI=1S/C12H13N3O2/c1-8-6-11(17)10(7-14-9(2)16)12-13-4-3-5-15(8)12/h3-6H,7H2,1-2H3,(H,14,16). The summed E-state index contributed by atoms with van der Waals surface area (Å²) in [6.07, 6.45) is 3.47. The SMILES string of the molecule is CC(=O)NCc1c(=O)cc(C)n2cccnc12. The smallest absolute Gasteiger partial charge is 0.217 e. The molecule has 5 heteroatoms. The summed E-state index contributed by atoms with van der Waals surface area (Å²) in [7, 11) is 0. The van der Waals surface area contributed by atoms with Gasteiger partial charge in [0.1, 0.15) is 5.65 Å². The molecule has 1 N–H and O–H groups in total. The first-order valence-electron chi connectivity index (χ1n) is 5.30. The molecule has 88 valence electrons. The minimum absolute atomic E-state index is 0.102. The van der Waals surface area contributed by atoms with Gasteiger partial charge >= 0.3 is 0 Å². The number of carbonyl (C=O) groups is 1. The van der Waals surface area contributed by atoms with E-state index in [9.17, 15) is 9.59 Å². The van der Waals surface area contributed by atoms with Crippen LogP contribution in [-0.2, 0) is 11.3 Å². The van der Waals surface area contributed by atoms with Crippen LogP contribution >= 0.6 is 0 Å². The van der Waals surface area contributed by atoms with E-state index in [-0.39, 0.29) is 17.9 Å². The molecule has 0 aliphatic carbocycles. The molecule has 0 bridgehead atoms. The molecular weight excluding hydrogens is 218 g/mol. The molecular formula is C12H13N3O2. The van der Waals surface area contributed by atoms with Gasteiger partial charge in [-0.1, -0.05) is 0 Å². The minimum Gasteiger partial charge on any atom is -0.352 e.